The molecule has 0 saturated carbocycles. The predicted octanol–water partition coefficient (Wildman–Crippen LogP) is 1.89. The highest BCUT2D eigenvalue weighted by molar-refractivity contribution is 5.51. The lowest BCUT2D eigenvalue weighted by Gasteiger charge is -2.18. The standard InChI is InChI=1S/C11H13N3O/c1-14(7-9-3-5-15-8-9)10-2-4-13-11(12)6-10/h2-6,8H,7H2,1H3,(H2,12,13). The number of pyridine rings is 1. The predicted molar refractivity (Wildman–Crippen MR) is 59.5 cm³/mol. The van der Waals surface area contributed by atoms with E-state index in [-0.39, 0.29) is 0 Å². The Morgan fingerprint density at radius 2 is 2.33 bits per heavy atom. The molecule has 2 N–H and O–H groups in total. The molecule has 0 saturated heterocycles. The first-order chi connectivity index (χ1) is 7.25. The van der Waals surface area contributed by atoms with Gasteiger partial charge < -0.3 is 15.1 Å². The van der Waals surface area contributed by atoms with Crippen LogP contribution in [-0.2, 0) is 6.54 Å². The largest absolute Gasteiger partial charge is 0.472 e. The van der Waals surface area contributed by atoms with Gasteiger partial charge in [0.05, 0.1) is 12.5 Å². The Bertz CT molecular complexity index is 425. The van der Waals surface area contributed by atoms with Crippen molar-refractivity contribution in [3.63, 3.8) is 0 Å². The van der Waals surface area contributed by atoms with Crippen molar-refractivity contribution in [3.05, 3.63) is 42.5 Å². The van der Waals surface area contributed by atoms with E-state index in [0.717, 1.165) is 17.8 Å². The molecule has 4 nitrogen and oxygen atoms in total. The highest BCUT2D eigenvalue weighted by Crippen LogP contribution is 2.16. The molecule has 0 atom stereocenters. The quantitative estimate of drug-likeness (QED) is 0.827. The number of hydrogen-bond donors (Lipinski definition) is 1. The molecule has 0 aliphatic rings. The van der Waals surface area contributed by atoms with E-state index in [1.165, 1.54) is 0 Å². The summed E-state index contributed by atoms with van der Waals surface area (Å²) in [6, 6.07) is 5.72. The lowest BCUT2D eigenvalue weighted by molar-refractivity contribution is 0.563. The third kappa shape index (κ3) is 2.28. The second kappa shape index (κ2) is 4.04. The van der Waals surface area contributed by atoms with E-state index in [1.54, 1.807) is 18.7 Å². The molecule has 0 amide bonds. The number of hydrogen-bond acceptors (Lipinski definition) is 4. The Labute approximate surface area is 88.3 Å². The summed E-state index contributed by atoms with van der Waals surface area (Å²) in [5.74, 6) is 0.534. The molecule has 2 aromatic rings. The van der Waals surface area contributed by atoms with Crippen LogP contribution in [0.25, 0.3) is 0 Å². The molecular formula is C11H13N3O. The van der Waals surface area contributed by atoms with E-state index in [9.17, 15) is 0 Å². The number of furan rings is 1. The average Bonchev–Trinajstić information content (AvgIpc) is 2.70. The molecule has 2 rings (SSSR count). The van der Waals surface area contributed by atoms with Crippen molar-refractivity contribution in [1.29, 1.82) is 0 Å². The van der Waals surface area contributed by atoms with Gasteiger partial charge in [-0.3, -0.25) is 0 Å². The molecule has 78 valence electrons. The third-order valence-corrected chi connectivity index (χ3v) is 2.21. The number of nitrogens with zero attached hydrogens (tertiary/aromatic N) is 2. The van der Waals surface area contributed by atoms with Crippen LogP contribution < -0.4 is 10.6 Å². The zero-order valence-electron chi connectivity index (χ0n) is 8.55. The van der Waals surface area contributed by atoms with Crippen molar-refractivity contribution < 1.29 is 4.42 Å². The summed E-state index contributed by atoms with van der Waals surface area (Å²) in [5, 5.41) is 0. The van der Waals surface area contributed by atoms with Crippen molar-refractivity contribution in [2.75, 3.05) is 17.7 Å². The Kier molecular flexibility index (Phi) is 2.58. The first-order valence-corrected chi connectivity index (χ1v) is 4.69. The van der Waals surface area contributed by atoms with E-state index in [4.69, 9.17) is 10.2 Å². The first kappa shape index (κ1) is 9.58. The van der Waals surface area contributed by atoms with Gasteiger partial charge in [-0.1, -0.05) is 0 Å². The fourth-order valence-electron chi connectivity index (χ4n) is 1.42. The summed E-state index contributed by atoms with van der Waals surface area (Å²) in [6.07, 6.45) is 5.11. The molecule has 0 radical (unpaired) electrons. The van der Waals surface area contributed by atoms with Crippen LogP contribution in [0.1, 0.15) is 5.56 Å². The Hall–Kier alpha value is -1.97. The minimum absolute atomic E-state index is 0.534. The summed E-state index contributed by atoms with van der Waals surface area (Å²) >= 11 is 0. The topological polar surface area (TPSA) is 55.3 Å². The van der Waals surface area contributed by atoms with Gasteiger partial charge in [0.2, 0.25) is 0 Å². The van der Waals surface area contributed by atoms with Gasteiger partial charge in [-0.25, -0.2) is 4.98 Å². The Balaban J connectivity index is 2.11. The van der Waals surface area contributed by atoms with Crippen LogP contribution >= 0.6 is 0 Å². The van der Waals surface area contributed by atoms with E-state index < -0.39 is 0 Å². The summed E-state index contributed by atoms with van der Waals surface area (Å²) in [5.41, 5.74) is 7.79. The molecule has 0 spiro atoms. The van der Waals surface area contributed by atoms with Gasteiger partial charge >= 0.3 is 0 Å². The van der Waals surface area contributed by atoms with Crippen LogP contribution in [0.3, 0.4) is 0 Å². The maximum Gasteiger partial charge on any atom is 0.125 e. The van der Waals surface area contributed by atoms with Gasteiger partial charge in [-0.05, 0) is 12.1 Å². The zero-order valence-corrected chi connectivity index (χ0v) is 8.55. The third-order valence-electron chi connectivity index (χ3n) is 2.21. The fourth-order valence-corrected chi connectivity index (χ4v) is 1.42. The minimum atomic E-state index is 0.534. The molecule has 2 heterocycles. The van der Waals surface area contributed by atoms with E-state index in [1.807, 2.05) is 25.2 Å². The normalized spacial score (nSPS) is 10.2. The first-order valence-electron chi connectivity index (χ1n) is 4.69. The molecule has 0 aliphatic heterocycles. The van der Waals surface area contributed by atoms with Crippen LogP contribution in [0, 0.1) is 0 Å². The number of nitrogens with two attached hydrogens (primary N) is 1. The SMILES string of the molecule is CN(Cc1ccoc1)c1ccnc(N)c1. The number of aromatic nitrogens is 1. The Morgan fingerprint density at radius 1 is 1.47 bits per heavy atom. The van der Waals surface area contributed by atoms with Gasteiger partial charge in [-0.2, -0.15) is 0 Å². The summed E-state index contributed by atoms with van der Waals surface area (Å²) in [7, 11) is 2.00. The summed E-state index contributed by atoms with van der Waals surface area (Å²) < 4.78 is 5.01. The molecule has 0 bridgehead atoms. The molecule has 4 heteroatoms. The monoisotopic (exact) mass is 203 g/mol. The van der Waals surface area contributed by atoms with Crippen molar-refractivity contribution in [3.8, 4) is 0 Å². The minimum Gasteiger partial charge on any atom is -0.472 e. The fraction of sp³-hybridized carbons (Fsp3) is 0.182. The van der Waals surface area contributed by atoms with Crippen molar-refractivity contribution in [2.24, 2.45) is 0 Å². The van der Waals surface area contributed by atoms with Crippen molar-refractivity contribution in [2.45, 2.75) is 6.54 Å². The van der Waals surface area contributed by atoms with Crippen LogP contribution in [-0.4, -0.2) is 12.0 Å². The maximum absolute atomic E-state index is 5.61. The molecule has 0 aliphatic carbocycles. The van der Waals surface area contributed by atoms with Crippen LogP contribution in [0.5, 0.6) is 0 Å². The zero-order chi connectivity index (χ0) is 10.7. The second-order valence-electron chi connectivity index (χ2n) is 3.43. The molecular weight excluding hydrogens is 190 g/mol. The smallest absolute Gasteiger partial charge is 0.125 e. The van der Waals surface area contributed by atoms with E-state index in [2.05, 4.69) is 9.88 Å². The van der Waals surface area contributed by atoms with E-state index >= 15 is 0 Å². The number of rotatable bonds is 3. The van der Waals surface area contributed by atoms with Crippen LogP contribution in [0.2, 0.25) is 0 Å². The molecule has 0 aromatic carbocycles. The van der Waals surface area contributed by atoms with Gasteiger partial charge in [0.15, 0.2) is 0 Å². The van der Waals surface area contributed by atoms with Crippen molar-refractivity contribution in [1.82, 2.24) is 4.98 Å². The Morgan fingerprint density at radius 3 is 3.00 bits per heavy atom. The highest BCUT2D eigenvalue weighted by Gasteiger charge is 2.03. The maximum atomic E-state index is 5.61. The van der Waals surface area contributed by atoms with E-state index in [0.29, 0.717) is 5.82 Å². The summed E-state index contributed by atoms with van der Waals surface area (Å²) in [4.78, 5) is 6.04. The average molecular weight is 203 g/mol. The lowest BCUT2D eigenvalue weighted by Crippen LogP contribution is -2.16. The van der Waals surface area contributed by atoms with Gasteiger partial charge in [0.1, 0.15) is 5.82 Å². The molecule has 0 fully saturated rings. The van der Waals surface area contributed by atoms with Gasteiger partial charge in [0, 0.05) is 37.1 Å². The molecule has 15 heavy (non-hydrogen) atoms. The van der Waals surface area contributed by atoms with Gasteiger partial charge in [0.25, 0.3) is 0 Å². The van der Waals surface area contributed by atoms with Crippen LogP contribution in [0.4, 0.5) is 11.5 Å². The molecule has 0 unspecified atom stereocenters. The second-order valence-corrected chi connectivity index (χ2v) is 3.43. The highest BCUT2D eigenvalue weighted by atomic mass is 16.3. The van der Waals surface area contributed by atoms with Gasteiger partial charge in [-0.15, -0.1) is 0 Å². The number of nitrogen functional groups attached to an aromatic ring is 1. The molecule has 2 aromatic heterocycles. The lowest BCUT2D eigenvalue weighted by atomic mass is 10.3. The van der Waals surface area contributed by atoms with Crippen molar-refractivity contribution >= 4 is 11.5 Å². The number of anilines is 2. The van der Waals surface area contributed by atoms with Crippen LogP contribution in [0.15, 0.2) is 41.3 Å². The summed E-state index contributed by atoms with van der Waals surface area (Å²) in [6.45, 7) is 0.792.